The van der Waals surface area contributed by atoms with E-state index in [4.69, 9.17) is 0 Å². The maximum absolute atomic E-state index is 12.1. The third-order valence-electron chi connectivity index (χ3n) is 4.47. The predicted octanol–water partition coefficient (Wildman–Crippen LogP) is 3.26. The van der Waals surface area contributed by atoms with E-state index in [0.717, 1.165) is 29.2 Å². The maximum Gasteiger partial charge on any atom is 0.263 e. The zero-order valence-electron chi connectivity index (χ0n) is 10.3. The van der Waals surface area contributed by atoms with Gasteiger partial charge in [-0.05, 0) is 48.5 Å². The molecule has 0 radical (unpaired) electrons. The second-order valence-electron chi connectivity index (χ2n) is 5.60. The minimum atomic E-state index is 0.197. The van der Waals surface area contributed by atoms with Crippen LogP contribution in [0.15, 0.2) is 17.5 Å². The highest BCUT2D eigenvalue weighted by atomic mass is 32.1. The molecule has 0 spiro atoms. The number of amides is 1. The molecule has 0 N–H and O–H groups in total. The van der Waals surface area contributed by atoms with Crippen molar-refractivity contribution in [3.05, 3.63) is 22.4 Å². The summed E-state index contributed by atoms with van der Waals surface area (Å²) in [7, 11) is 1.95. The Balaban J connectivity index is 1.60. The van der Waals surface area contributed by atoms with Gasteiger partial charge in [0.2, 0.25) is 0 Å². The minimum absolute atomic E-state index is 0.197. The molecule has 1 amide bonds. The Morgan fingerprint density at radius 3 is 2.94 bits per heavy atom. The summed E-state index contributed by atoms with van der Waals surface area (Å²) >= 11 is 1.54. The SMILES string of the molecule is CN(CC1CC2CCC1C2)C(=O)c1cccs1. The molecule has 0 aliphatic heterocycles. The number of thiophene rings is 1. The lowest BCUT2D eigenvalue weighted by atomic mass is 9.88. The summed E-state index contributed by atoms with van der Waals surface area (Å²) in [6, 6.07) is 3.87. The third-order valence-corrected chi connectivity index (χ3v) is 5.33. The summed E-state index contributed by atoms with van der Waals surface area (Å²) < 4.78 is 0. The van der Waals surface area contributed by atoms with E-state index in [9.17, 15) is 4.79 Å². The van der Waals surface area contributed by atoms with Gasteiger partial charge >= 0.3 is 0 Å². The topological polar surface area (TPSA) is 20.3 Å². The molecule has 1 aromatic heterocycles. The van der Waals surface area contributed by atoms with Crippen molar-refractivity contribution in [3.8, 4) is 0 Å². The van der Waals surface area contributed by atoms with Gasteiger partial charge in [0.05, 0.1) is 4.88 Å². The fourth-order valence-electron chi connectivity index (χ4n) is 3.62. The van der Waals surface area contributed by atoms with Crippen molar-refractivity contribution in [1.29, 1.82) is 0 Å². The summed E-state index contributed by atoms with van der Waals surface area (Å²) in [6.45, 7) is 0.956. The first-order chi connectivity index (χ1) is 8.24. The van der Waals surface area contributed by atoms with Crippen molar-refractivity contribution in [3.63, 3.8) is 0 Å². The highest BCUT2D eigenvalue weighted by Gasteiger charge is 2.40. The van der Waals surface area contributed by atoms with E-state index in [-0.39, 0.29) is 5.91 Å². The molecule has 1 aromatic rings. The number of fused-ring (bicyclic) bond motifs is 2. The standard InChI is InChI=1S/C14H19NOS/c1-15(14(16)13-3-2-6-17-13)9-12-8-10-4-5-11(12)7-10/h2-3,6,10-12H,4-5,7-9H2,1H3. The number of hydrogen-bond acceptors (Lipinski definition) is 2. The Kier molecular flexibility index (Phi) is 2.95. The molecule has 2 aliphatic rings. The highest BCUT2D eigenvalue weighted by Crippen LogP contribution is 2.48. The molecule has 0 aromatic carbocycles. The van der Waals surface area contributed by atoms with Crippen LogP contribution in [-0.4, -0.2) is 24.4 Å². The fourth-order valence-corrected chi connectivity index (χ4v) is 4.34. The molecular weight excluding hydrogens is 230 g/mol. The Morgan fingerprint density at radius 2 is 2.35 bits per heavy atom. The van der Waals surface area contributed by atoms with Gasteiger partial charge in [-0.25, -0.2) is 0 Å². The lowest BCUT2D eigenvalue weighted by molar-refractivity contribution is 0.0759. The molecule has 2 aliphatic carbocycles. The molecule has 3 atom stereocenters. The molecule has 2 fully saturated rings. The lowest BCUT2D eigenvalue weighted by Crippen LogP contribution is -2.33. The maximum atomic E-state index is 12.1. The largest absolute Gasteiger partial charge is 0.341 e. The molecular formula is C14H19NOS. The van der Waals surface area contributed by atoms with Crippen molar-refractivity contribution >= 4 is 17.2 Å². The second kappa shape index (κ2) is 4.45. The van der Waals surface area contributed by atoms with Crippen LogP contribution in [0.2, 0.25) is 0 Å². The van der Waals surface area contributed by atoms with Gasteiger partial charge in [-0.3, -0.25) is 4.79 Å². The van der Waals surface area contributed by atoms with Crippen molar-refractivity contribution in [2.24, 2.45) is 17.8 Å². The second-order valence-corrected chi connectivity index (χ2v) is 6.55. The molecule has 2 bridgehead atoms. The van der Waals surface area contributed by atoms with Gasteiger partial charge in [-0.2, -0.15) is 0 Å². The predicted molar refractivity (Wildman–Crippen MR) is 70.2 cm³/mol. The third kappa shape index (κ3) is 2.13. The molecule has 3 rings (SSSR count). The first-order valence-corrected chi connectivity index (χ1v) is 7.41. The number of carbonyl (C=O) groups is 1. The quantitative estimate of drug-likeness (QED) is 0.805. The van der Waals surface area contributed by atoms with Crippen LogP contribution < -0.4 is 0 Å². The Hall–Kier alpha value is -0.830. The van der Waals surface area contributed by atoms with Gasteiger partial charge in [0, 0.05) is 13.6 Å². The number of carbonyl (C=O) groups excluding carboxylic acids is 1. The average Bonchev–Trinajstić information content (AvgIpc) is 3.04. The smallest absolute Gasteiger partial charge is 0.263 e. The van der Waals surface area contributed by atoms with E-state index >= 15 is 0 Å². The van der Waals surface area contributed by atoms with Crippen molar-refractivity contribution in [2.75, 3.05) is 13.6 Å². The molecule has 92 valence electrons. The molecule has 3 unspecified atom stereocenters. The summed E-state index contributed by atoms with van der Waals surface area (Å²) in [4.78, 5) is 14.9. The number of rotatable bonds is 3. The average molecular weight is 249 g/mol. The summed E-state index contributed by atoms with van der Waals surface area (Å²) in [5, 5.41) is 1.97. The molecule has 17 heavy (non-hydrogen) atoms. The molecule has 0 saturated heterocycles. The minimum Gasteiger partial charge on any atom is -0.341 e. The van der Waals surface area contributed by atoms with Gasteiger partial charge < -0.3 is 4.90 Å². The number of nitrogens with zero attached hydrogens (tertiary/aromatic N) is 1. The molecule has 3 heteroatoms. The van der Waals surface area contributed by atoms with Crippen LogP contribution >= 0.6 is 11.3 Å². The van der Waals surface area contributed by atoms with Crippen molar-refractivity contribution in [1.82, 2.24) is 4.90 Å². The van der Waals surface area contributed by atoms with E-state index in [1.54, 1.807) is 11.3 Å². The van der Waals surface area contributed by atoms with E-state index in [1.807, 2.05) is 29.5 Å². The van der Waals surface area contributed by atoms with Crippen LogP contribution in [0, 0.1) is 17.8 Å². The van der Waals surface area contributed by atoms with Gasteiger partial charge in [-0.1, -0.05) is 12.5 Å². The molecule has 2 saturated carbocycles. The summed E-state index contributed by atoms with van der Waals surface area (Å²) in [6.07, 6.45) is 5.61. The van der Waals surface area contributed by atoms with Gasteiger partial charge in [0.25, 0.3) is 5.91 Å². The normalized spacial score (nSPS) is 30.8. The Morgan fingerprint density at radius 1 is 1.47 bits per heavy atom. The van der Waals surface area contributed by atoms with E-state index in [0.29, 0.717) is 0 Å². The highest BCUT2D eigenvalue weighted by molar-refractivity contribution is 7.12. The first kappa shape index (κ1) is 11.3. The Labute approximate surface area is 107 Å². The van der Waals surface area contributed by atoms with Crippen LogP contribution in [0.1, 0.15) is 35.4 Å². The molecule has 2 nitrogen and oxygen atoms in total. The van der Waals surface area contributed by atoms with E-state index in [2.05, 4.69) is 0 Å². The van der Waals surface area contributed by atoms with E-state index in [1.165, 1.54) is 25.7 Å². The van der Waals surface area contributed by atoms with Crippen LogP contribution in [0.3, 0.4) is 0 Å². The van der Waals surface area contributed by atoms with Crippen LogP contribution in [-0.2, 0) is 0 Å². The summed E-state index contributed by atoms with van der Waals surface area (Å²) in [5.74, 6) is 2.83. The molecule has 1 heterocycles. The number of hydrogen-bond donors (Lipinski definition) is 0. The van der Waals surface area contributed by atoms with Gasteiger partial charge in [0.15, 0.2) is 0 Å². The first-order valence-electron chi connectivity index (χ1n) is 6.53. The van der Waals surface area contributed by atoms with Crippen LogP contribution in [0.5, 0.6) is 0 Å². The zero-order chi connectivity index (χ0) is 11.8. The van der Waals surface area contributed by atoms with Crippen LogP contribution in [0.4, 0.5) is 0 Å². The zero-order valence-corrected chi connectivity index (χ0v) is 11.1. The van der Waals surface area contributed by atoms with Crippen molar-refractivity contribution in [2.45, 2.75) is 25.7 Å². The van der Waals surface area contributed by atoms with E-state index < -0.39 is 0 Å². The Bertz CT molecular complexity index is 400. The van der Waals surface area contributed by atoms with Gasteiger partial charge in [0.1, 0.15) is 0 Å². The van der Waals surface area contributed by atoms with Crippen molar-refractivity contribution < 1.29 is 4.79 Å². The van der Waals surface area contributed by atoms with Gasteiger partial charge in [-0.15, -0.1) is 11.3 Å². The van der Waals surface area contributed by atoms with Crippen LogP contribution in [0.25, 0.3) is 0 Å². The summed E-state index contributed by atoms with van der Waals surface area (Å²) in [5.41, 5.74) is 0. The monoisotopic (exact) mass is 249 g/mol. The lowest BCUT2D eigenvalue weighted by Gasteiger charge is -2.27. The fraction of sp³-hybridized carbons (Fsp3) is 0.643.